The molecular weight excluding hydrogens is 279 g/mol. The van der Waals surface area contributed by atoms with Gasteiger partial charge in [-0.2, -0.15) is 0 Å². The second kappa shape index (κ2) is 4.00. The van der Waals surface area contributed by atoms with Crippen molar-refractivity contribution in [1.29, 1.82) is 0 Å². The van der Waals surface area contributed by atoms with E-state index in [0.29, 0.717) is 0 Å². The number of carbonyl (C=O) groups excluding carboxylic acids is 2. The second-order valence-corrected chi connectivity index (χ2v) is 0.844. The molecule has 0 rings (SSSR count). The Morgan fingerprint density at radius 2 is 1.57 bits per heavy atom. The third kappa shape index (κ3) is 5.83. The van der Waals surface area contributed by atoms with E-state index in [0.717, 1.165) is 6.92 Å². The van der Waals surface area contributed by atoms with Crippen molar-refractivity contribution in [2.24, 2.45) is 0 Å². The van der Waals surface area contributed by atoms with Gasteiger partial charge in [-0.25, -0.2) is 0 Å². The van der Waals surface area contributed by atoms with Crippen LogP contribution in [0, 0.1) is 0 Å². The van der Waals surface area contributed by atoms with Crippen molar-refractivity contribution in [3.8, 4) is 0 Å². The van der Waals surface area contributed by atoms with E-state index in [1.165, 1.54) is 0 Å². The maximum Gasteiger partial charge on any atom is 2.00 e. The Hall–Kier alpha value is -0.172. The average Bonchev–Trinajstić information content (AvgIpc) is 1.36. The molecule has 0 aromatic heterocycles. The van der Waals surface area contributed by atoms with Crippen LogP contribution in [-0.2, 0) is 30.7 Å². The molecule has 0 saturated carbocycles. The minimum Gasteiger partial charge on any atom is -0.542 e. The average molecular weight is 282 g/mol. The smallest absolute Gasteiger partial charge is 0.542 e. The number of hydrogen-bond donors (Lipinski definition) is 0. The first-order valence-corrected chi connectivity index (χ1v) is 1.36. The molecular formula is C3H3O3Pt+. The van der Waals surface area contributed by atoms with Crippen molar-refractivity contribution in [1.82, 2.24) is 0 Å². The number of carboxylic acid groups (broad SMARTS) is 1. The quantitative estimate of drug-likeness (QED) is 0.540. The van der Waals surface area contributed by atoms with Crippen molar-refractivity contribution in [2.75, 3.05) is 0 Å². The van der Waals surface area contributed by atoms with Crippen molar-refractivity contribution in [2.45, 2.75) is 6.92 Å². The van der Waals surface area contributed by atoms with E-state index in [2.05, 4.69) is 0 Å². The van der Waals surface area contributed by atoms with Crippen LogP contribution in [0.3, 0.4) is 0 Å². The summed E-state index contributed by atoms with van der Waals surface area (Å²) in [7, 11) is 0. The Labute approximate surface area is 55.0 Å². The molecule has 0 spiro atoms. The summed E-state index contributed by atoms with van der Waals surface area (Å²) in [6.07, 6.45) is 0. The fourth-order valence-corrected chi connectivity index (χ4v) is 0. The number of Topliss-reactive ketones (excluding diaryl/α,β-unsaturated/α-hetero) is 1. The Morgan fingerprint density at radius 1 is 1.43 bits per heavy atom. The second-order valence-electron chi connectivity index (χ2n) is 0.844. The monoisotopic (exact) mass is 282 g/mol. The molecule has 0 atom stereocenters. The number of rotatable bonds is 1. The standard InChI is InChI=1S/C3H4O3.Pt/c1-2(4)3(5)6;/h1H3,(H,5,6);/q;+2/p-1. The van der Waals surface area contributed by atoms with Crippen LogP contribution >= 0.6 is 0 Å². The van der Waals surface area contributed by atoms with Crippen molar-refractivity contribution in [3.63, 3.8) is 0 Å². The van der Waals surface area contributed by atoms with Gasteiger partial charge in [-0.05, 0) is 0 Å². The molecule has 3 nitrogen and oxygen atoms in total. The maximum atomic E-state index is 9.48. The molecule has 42 valence electrons. The molecule has 0 aromatic rings. The van der Waals surface area contributed by atoms with Crippen LogP contribution in [-0.4, -0.2) is 11.8 Å². The summed E-state index contributed by atoms with van der Waals surface area (Å²) in [5.74, 6) is -2.56. The zero-order chi connectivity index (χ0) is 5.15. The number of hydrogen-bond acceptors (Lipinski definition) is 3. The van der Waals surface area contributed by atoms with Crippen molar-refractivity contribution >= 4 is 11.8 Å². The third-order valence-electron chi connectivity index (χ3n) is 0.287. The zero-order valence-corrected chi connectivity index (χ0v) is 5.81. The van der Waals surface area contributed by atoms with E-state index in [1.54, 1.807) is 0 Å². The normalized spacial score (nSPS) is 6.43. The summed E-state index contributed by atoms with van der Waals surface area (Å²) >= 11 is 0. The van der Waals surface area contributed by atoms with Gasteiger partial charge < -0.3 is 9.90 Å². The van der Waals surface area contributed by atoms with E-state index >= 15 is 0 Å². The van der Waals surface area contributed by atoms with Gasteiger partial charge in [0.15, 0.2) is 5.78 Å². The van der Waals surface area contributed by atoms with E-state index in [-0.39, 0.29) is 21.1 Å². The summed E-state index contributed by atoms with van der Waals surface area (Å²) in [5.41, 5.74) is 0. The Morgan fingerprint density at radius 3 is 1.57 bits per heavy atom. The summed E-state index contributed by atoms with van der Waals surface area (Å²) in [6, 6.07) is 0. The first kappa shape index (κ1) is 9.95. The van der Waals surface area contributed by atoms with Gasteiger partial charge in [-0.1, -0.05) is 0 Å². The SMILES string of the molecule is CC(=O)C(=O)[O-].[Pt+2]. The molecule has 0 amide bonds. The van der Waals surface area contributed by atoms with Crippen molar-refractivity contribution < 1.29 is 35.8 Å². The Bertz CT molecular complexity index is 76.2. The van der Waals surface area contributed by atoms with Crippen LogP contribution in [0.15, 0.2) is 0 Å². The van der Waals surface area contributed by atoms with Gasteiger partial charge >= 0.3 is 21.1 Å². The molecule has 4 heteroatoms. The summed E-state index contributed by atoms with van der Waals surface area (Å²) in [5, 5.41) is 9.24. The third-order valence-corrected chi connectivity index (χ3v) is 0.287. The predicted octanol–water partition coefficient (Wildman–Crippen LogP) is -1.68. The van der Waals surface area contributed by atoms with Gasteiger partial charge in [0.1, 0.15) is 5.97 Å². The van der Waals surface area contributed by atoms with Crippen molar-refractivity contribution in [3.05, 3.63) is 0 Å². The van der Waals surface area contributed by atoms with Crippen LogP contribution in [0.5, 0.6) is 0 Å². The van der Waals surface area contributed by atoms with E-state index in [9.17, 15) is 14.7 Å². The van der Waals surface area contributed by atoms with Gasteiger partial charge in [-0.3, -0.25) is 4.79 Å². The Kier molecular flexibility index (Phi) is 5.69. The van der Waals surface area contributed by atoms with Gasteiger partial charge in [0.25, 0.3) is 0 Å². The van der Waals surface area contributed by atoms with Crippen LogP contribution in [0.25, 0.3) is 0 Å². The molecule has 0 N–H and O–H groups in total. The van der Waals surface area contributed by atoms with Gasteiger partial charge in [0.05, 0.1) is 0 Å². The number of ketones is 1. The van der Waals surface area contributed by atoms with Gasteiger partial charge in [-0.15, -0.1) is 0 Å². The predicted molar refractivity (Wildman–Crippen MR) is 15.7 cm³/mol. The molecule has 0 saturated heterocycles. The Balaban J connectivity index is 0. The first-order chi connectivity index (χ1) is 2.64. The van der Waals surface area contributed by atoms with E-state index in [4.69, 9.17) is 0 Å². The minimum atomic E-state index is -1.63. The number of carboxylic acids is 1. The fourth-order valence-electron chi connectivity index (χ4n) is 0. The summed E-state index contributed by atoms with van der Waals surface area (Å²) < 4.78 is 0. The fraction of sp³-hybridized carbons (Fsp3) is 0.333. The zero-order valence-electron chi connectivity index (χ0n) is 3.54. The van der Waals surface area contributed by atoms with Gasteiger partial charge in [0, 0.05) is 6.92 Å². The molecule has 7 heavy (non-hydrogen) atoms. The molecule has 0 aliphatic rings. The largest absolute Gasteiger partial charge is 2.00 e. The molecule has 0 heterocycles. The molecule has 0 bridgehead atoms. The summed E-state index contributed by atoms with van der Waals surface area (Å²) in [4.78, 5) is 18.7. The van der Waals surface area contributed by atoms with E-state index < -0.39 is 11.8 Å². The maximum absolute atomic E-state index is 9.48. The van der Waals surface area contributed by atoms with Crippen LogP contribution in [0.2, 0.25) is 0 Å². The topological polar surface area (TPSA) is 57.2 Å². The molecule has 0 aliphatic heterocycles. The molecule has 0 aromatic carbocycles. The van der Waals surface area contributed by atoms with E-state index in [1.807, 2.05) is 0 Å². The number of carbonyl (C=O) groups is 2. The molecule has 0 unspecified atom stereocenters. The van der Waals surface area contributed by atoms with Crippen LogP contribution < -0.4 is 5.11 Å². The van der Waals surface area contributed by atoms with Crippen LogP contribution in [0.4, 0.5) is 0 Å². The first-order valence-electron chi connectivity index (χ1n) is 1.36. The minimum absolute atomic E-state index is 0. The van der Waals surface area contributed by atoms with Crippen LogP contribution in [0.1, 0.15) is 6.92 Å². The molecule has 0 radical (unpaired) electrons. The molecule has 0 fully saturated rings. The van der Waals surface area contributed by atoms with Gasteiger partial charge in [0.2, 0.25) is 0 Å². The molecule has 0 aliphatic carbocycles. The number of aliphatic carboxylic acids is 1. The summed E-state index contributed by atoms with van der Waals surface area (Å²) in [6.45, 7) is 0.940.